The Morgan fingerprint density at radius 1 is 1.50 bits per heavy atom. The highest BCUT2D eigenvalue weighted by molar-refractivity contribution is 5.85. The molecule has 0 saturated carbocycles. The number of nitrogens with one attached hydrogen (secondary N) is 2. The van der Waals surface area contributed by atoms with Crippen LogP contribution < -0.4 is 11.1 Å². The molecule has 2 aromatic rings. The first-order chi connectivity index (χ1) is 9.70. The summed E-state index contributed by atoms with van der Waals surface area (Å²) in [5.41, 5.74) is 6.68. The van der Waals surface area contributed by atoms with Crippen molar-refractivity contribution in [3.05, 3.63) is 30.4 Å². The number of rotatable bonds is 7. The molecule has 0 unspecified atom stereocenters. The minimum absolute atomic E-state index is 0. The van der Waals surface area contributed by atoms with E-state index in [9.17, 15) is 4.79 Å². The summed E-state index contributed by atoms with van der Waals surface area (Å²) in [5.74, 6) is 0.514. The number of amides is 1. The molecule has 0 bridgehead atoms. The first-order valence-electron chi connectivity index (χ1n) is 6.58. The number of nitrogens with two attached hydrogens (primary N) is 1. The number of hydrogen-bond acceptors (Lipinski definition) is 5. The van der Waals surface area contributed by atoms with Crippen molar-refractivity contribution in [3.8, 4) is 0 Å². The fourth-order valence-corrected chi connectivity index (χ4v) is 1.87. The number of aryl methyl sites for hydroxylation is 1. The average Bonchev–Trinajstić information content (AvgIpc) is 3.08. The van der Waals surface area contributed by atoms with E-state index < -0.39 is 6.04 Å². The van der Waals surface area contributed by atoms with Gasteiger partial charge in [0.1, 0.15) is 6.33 Å². The molecule has 2 rings (SSSR count). The Morgan fingerprint density at radius 3 is 2.91 bits per heavy atom. The lowest BCUT2D eigenvalue weighted by molar-refractivity contribution is -0.122. The van der Waals surface area contributed by atoms with Crippen LogP contribution in [0.15, 0.2) is 18.9 Å². The van der Waals surface area contributed by atoms with Gasteiger partial charge in [-0.2, -0.15) is 0 Å². The van der Waals surface area contributed by atoms with Gasteiger partial charge in [0, 0.05) is 24.9 Å². The van der Waals surface area contributed by atoms with E-state index in [4.69, 9.17) is 5.73 Å². The summed E-state index contributed by atoms with van der Waals surface area (Å²) >= 11 is 0. The highest BCUT2D eigenvalue weighted by Crippen LogP contribution is 1.99. The highest BCUT2D eigenvalue weighted by atomic mass is 35.5. The maximum Gasteiger partial charge on any atom is 0.237 e. The van der Waals surface area contributed by atoms with E-state index >= 15 is 0 Å². The lowest BCUT2D eigenvalue weighted by Crippen LogP contribution is -2.42. The molecule has 0 radical (unpaired) electrons. The average molecular weight is 350 g/mol. The molecule has 2 heterocycles. The number of carbonyl (C=O) groups is 1. The van der Waals surface area contributed by atoms with E-state index in [0.717, 1.165) is 24.5 Å². The number of carbonyl (C=O) groups excluding carboxylic acids is 1. The Balaban J connectivity index is 0.00000220. The lowest BCUT2D eigenvalue weighted by atomic mass is 10.1. The van der Waals surface area contributed by atoms with Crippen molar-refractivity contribution in [2.75, 3.05) is 0 Å². The molecule has 1 amide bonds. The highest BCUT2D eigenvalue weighted by Gasteiger charge is 2.15. The van der Waals surface area contributed by atoms with Gasteiger partial charge in [-0.3, -0.25) is 4.79 Å². The first-order valence-corrected chi connectivity index (χ1v) is 6.58. The van der Waals surface area contributed by atoms with Crippen molar-refractivity contribution in [1.82, 2.24) is 30.0 Å². The molecule has 0 aliphatic rings. The number of aromatic nitrogens is 5. The molecule has 124 valence electrons. The van der Waals surface area contributed by atoms with Crippen molar-refractivity contribution < 1.29 is 4.79 Å². The van der Waals surface area contributed by atoms with Crippen molar-refractivity contribution in [1.29, 1.82) is 0 Å². The monoisotopic (exact) mass is 349 g/mol. The molecule has 2 aromatic heterocycles. The van der Waals surface area contributed by atoms with Crippen LogP contribution in [0.3, 0.4) is 0 Å². The van der Waals surface area contributed by atoms with Crippen LogP contribution in [0.25, 0.3) is 0 Å². The zero-order chi connectivity index (χ0) is 14.4. The van der Waals surface area contributed by atoms with Crippen LogP contribution in [0.2, 0.25) is 0 Å². The molecule has 1 atom stereocenters. The van der Waals surface area contributed by atoms with Gasteiger partial charge in [0.15, 0.2) is 5.82 Å². The van der Waals surface area contributed by atoms with Gasteiger partial charge in [-0.1, -0.05) is 6.92 Å². The molecular weight excluding hydrogens is 329 g/mol. The minimum atomic E-state index is -0.613. The number of nitrogens with zero attached hydrogens (tertiary/aromatic N) is 4. The summed E-state index contributed by atoms with van der Waals surface area (Å²) in [7, 11) is 0. The Morgan fingerprint density at radius 2 is 2.27 bits per heavy atom. The Hall–Kier alpha value is -1.64. The van der Waals surface area contributed by atoms with Crippen molar-refractivity contribution >= 4 is 30.7 Å². The zero-order valence-corrected chi connectivity index (χ0v) is 13.9. The van der Waals surface area contributed by atoms with Gasteiger partial charge in [-0.25, -0.2) is 4.98 Å². The third kappa shape index (κ3) is 5.63. The third-order valence-corrected chi connectivity index (χ3v) is 2.91. The first kappa shape index (κ1) is 20.4. The van der Waals surface area contributed by atoms with Gasteiger partial charge >= 0.3 is 0 Å². The molecule has 0 fully saturated rings. The van der Waals surface area contributed by atoms with E-state index in [-0.39, 0.29) is 30.7 Å². The molecule has 0 aliphatic heterocycles. The van der Waals surface area contributed by atoms with Crippen LogP contribution in [-0.2, 0) is 24.3 Å². The summed E-state index contributed by atoms with van der Waals surface area (Å²) < 4.78 is 1.92. The van der Waals surface area contributed by atoms with Gasteiger partial charge in [-0.05, 0) is 6.42 Å². The molecule has 0 saturated heterocycles. The molecule has 10 heteroatoms. The summed E-state index contributed by atoms with van der Waals surface area (Å²) in [6.45, 7) is 3.23. The largest absolute Gasteiger partial charge is 0.348 e. The fourth-order valence-electron chi connectivity index (χ4n) is 1.87. The van der Waals surface area contributed by atoms with Crippen LogP contribution in [0.5, 0.6) is 0 Å². The van der Waals surface area contributed by atoms with Crippen LogP contribution in [0.4, 0.5) is 0 Å². The summed E-state index contributed by atoms with van der Waals surface area (Å²) in [6.07, 6.45) is 6.29. The van der Waals surface area contributed by atoms with Crippen molar-refractivity contribution in [2.45, 2.75) is 38.9 Å². The SMILES string of the molecule is CCCn1cnnc1CNC(=O)[C@@H](N)Cc1cnc[nH]1.Cl.Cl. The molecule has 0 spiro atoms. The summed E-state index contributed by atoms with van der Waals surface area (Å²) in [6, 6.07) is -0.613. The lowest BCUT2D eigenvalue weighted by Gasteiger charge is -2.11. The van der Waals surface area contributed by atoms with Gasteiger partial charge in [0.2, 0.25) is 5.91 Å². The van der Waals surface area contributed by atoms with E-state index in [1.807, 2.05) is 4.57 Å². The van der Waals surface area contributed by atoms with Crippen LogP contribution in [-0.4, -0.2) is 36.7 Å². The quantitative estimate of drug-likeness (QED) is 0.670. The molecule has 22 heavy (non-hydrogen) atoms. The van der Waals surface area contributed by atoms with Gasteiger partial charge in [0.25, 0.3) is 0 Å². The van der Waals surface area contributed by atoms with Crippen LogP contribution >= 0.6 is 24.8 Å². The maximum absolute atomic E-state index is 11.9. The predicted molar refractivity (Wildman–Crippen MR) is 86.9 cm³/mol. The van der Waals surface area contributed by atoms with E-state index in [2.05, 4.69) is 32.4 Å². The fraction of sp³-hybridized carbons (Fsp3) is 0.500. The zero-order valence-electron chi connectivity index (χ0n) is 12.2. The molecule has 4 N–H and O–H groups in total. The smallest absolute Gasteiger partial charge is 0.237 e. The second-order valence-electron chi connectivity index (χ2n) is 4.55. The number of aromatic amines is 1. The maximum atomic E-state index is 11.9. The van der Waals surface area contributed by atoms with Crippen LogP contribution in [0.1, 0.15) is 24.9 Å². The van der Waals surface area contributed by atoms with E-state index in [1.165, 1.54) is 0 Å². The predicted octanol–water partition coefficient (Wildman–Crippen LogP) is 0.441. The minimum Gasteiger partial charge on any atom is -0.348 e. The Labute approximate surface area is 141 Å². The second kappa shape index (κ2) is 10.1. The number of hydrogen-bond donors (Lipinski definition) is 3. The standard InChI is InChI=1S/C12H19N7O.2ClH/c1-2-3-19-8-17-18-11(19)6-15-12(20)10(13)4-9-5-14-7-16-9;;/h5,7-8,10H,2-4,6,13H2,1H3,(H,14,16)(H,15,20);2*1H/t10-;;/m0../s1. The molecule has 8 nitrogen and oxygen atoms in total. The molecular formula is C12H21Cl2N7O. The van der Waals surface area contributed by atoms with Crippen LogP contribution in [0, 0.1) is 0 Å². The second-order valence-corrected chi connectivity index (χ2v) is 4.55. The van der Waals surface area contributed by atoms with E-state index in [1.54, 1.807) is 18.9 Å². The van der Waals surface area contributed by atoms with Crippen molar-refractivity contribution in [2.24, 2.45) is 5.73 Å². The Kier molecular flexibility index (Phi) is 9.39. The summed E-state index contributed by atoms with van der Waals surface area (Å²) in [5, 5.41) is 10.6. The Bertz CT molecular complexity index is 543. The normalized spacial score (nSPS) is 11.2. The van der Waals surface area contributed by atoms with Gasteiger partial charge < -0.3 is 20.6 Å². The van der Waals surface area contributed by atoms with Crippen molar-refractivity contribution in [3.63, 3.8) is 0 Å². The third-order valence-electron chi connectivity index (χ3n) is 2.91. The van der Waals surface area contributed by atoms with E-state index in [0.29, 0.717) is 13.0 Å². The summed E-state index contributed by atoms with van der Waals surface area (Å²) in [4.78, 5) is 18.7. The van der Waals surface area contributed by atoms with Gasteiger partial charge in [0.05, 0.1) is 18.9 Å². The number of H-pyrrole nitrogens is 1. The number of halogens is 2. The van der Waals surface area contributed by atoms with Gasteiger partial charge in [-0.15, -0.1) is 35.0 Å². The molecule has 0 aliphatic carbocycles. The topological polar surface area (TPSA) is 115 Å². The number of imidazole rings is 1. The molecule has 0 aromatic carbocycles.